The maximum absolute atomic E-state index is 12.8. The monoisotopic (exact) mass is 442 g/mol. The van der Waals surface area contributed by atoms with E-state index in [0.717, 1.165) is 35.5 Å². The van der Waals surface area contributed by atoms with Gasteiger partial charge in [-0.3, -0.25) is 14.5 Å². The molecule has 0 radical (unpaired) electrons. The van der Waals surface area contributed by atoms with Crippen LogP contribution in [-0.4, -0.2) is 27.6 Å². The van der Waals surface area contributed by atoms with Crippen molar-refractivity contribution in [2.75, 3.05) is 4.90 Å². The van der Waals surface area contributed by atoms with Crippen molar-refractivity contribution in [3.63, 3.8) is 0 Å². The lowest BCUT2D eigenvalue weighted by Gasteiger charge is -2.27. The van der Waals surface area contributed by atoms with Crippen LogP contribution in [0.3, 0.4) is 0 Å². The number of nitrogens with one attached hydrogen (secondary N) is 1. The van der Waals surface area contributed by atoms with Gasteiger partial charge in [0.05, 0.1) is 18.8 Å². The Bertz CT molecular complexity index is 1110. The molecular formula is C27H30N4O2. The molecule has 2 heterocycles. The van der Waals surface area contributed by atoms with Gasteiger partial charge >= 0.3 is 0 Å². The Hall–Kier alpha value is -3.41. The molecule has 170 valence electrons. The summed E-state index contributed by atoms with van der Waals surface area (Å²) in [5.41, 5.74) is 3.57. The topological polar surface area (TPSA) is 67.2 Å². The van der Waals surface area contributed by atoms with Gasteiger partial charge in [-0.05, 0) is 30.5 Å². The number of anilines is 1. The summed E-state index contributed by atoms with van der Waals surface area (Å²) in [6, 6.07) is 19.9. The number of carbonyl (C=O) groups is 2. The molecule has 1 N–H and O–H groups in total. The summed E-state index contributed by atoms with van der Waals surface area (Å²) in [5.74, 6) is 0.908. The fourth-order valence-electron chi connectivity index (χ4n) is 4.81. The van der Waals surface area contributed by atoms with E-state index in [4.69, 9.17) is 5.10 Å². The number of aryl methyl sites for hydroxylation is 1. The number of aromatic nitrogens is 2. The third-order valence-electron chi connectivity index (χ3n) is 6.69. The van der Waals surface area contributed by atoms with Crippen molar-refractivity contribution < 1.29 is 9.59 Å². The van der Waals surface area contributed by atoms with E-state index in [-0.39, 0.29) is 17.9 Å². The average molecular weight is 443 g/mol. The van der Waals surface area contributed by atoms with Crippen LogP contribution in [0.25, 0.3) is 11.3 Å². The highest BCUT2D eigenvalue weighted by Gasteiger charge is 2.26. The lowest BCUT2D eigenvalue weighted by atomic mass is 10.1. The van der Waals surface area contributed by atoms with Crippen LogP contribution in [0.2, 0.25) is 0 Å². The predicted octanol–water partition coefficient (Wildman–Crippen LogP) is 4.94. The lowest BCUT2D eigenvalue weighted by molar-refractivity contribution is -0.119. The standard InChI is InChI=1S/C27H30N4O2/c32-26-16-17-31-25(18-24(29-31)21-8-4-3-5-9-21)30(26)19-20-12-14-22(15-13-20)27(33)28-23-10-6-1-2-7-11-23/h3-5,8-9,12-15,18,23H,1-2,6-7,10-11,16-17,19H2,(H,28,33). The number of rotatable bonds is 5. The first kappa shape index (κ1) is 21.4. The maximum atomic E-state index is 12.8. The molecule has 0 saturated heterocycles. The first-order valence-corrected chi connectivity index (χ1v) is 12.0. The summed E-state index contributed by atoms with van der Waals surface area (Å²) in [6.07, 6.45) is 7.49. The van der Waals surface area contributed by atoms with Gasteiger partial charge in [-0.25, -0.2) is 4.68 Å². The molecule has 0 bridgehead atoms. The Morgan fingerprint density at radius 1 is 0.970 bits per heavy atom. The molecule has 0 spiro atoms. The number of amides is 2. The highest BCUT2D eigenvalue weighted by atomic mass is 16.2. The minimum atomic E-state index is -0.00641. The Kier molecular flexibility index (Phi) is 6.24. The van der Waals surface area contributed by atoms with Crippen LogP contribution in [0, 0.1) is 0 Å². The van der Waals surface area contributed by atoms with Gasteiger partial charge in [0.1, 0.15) is 5.82 Å². The number of nitrogens with zero attached hydrogens (tertiary/aromatic N) is 3. The smallest absolute Gasteiger partial charge is 0.251 e. The number of carbonyl (C=O) groups excluding carboxylic acids is 2. The van der Waals surface area contributed by atoms with Gasteiger partial charge in [0, 0.05) is 29.7 Å². The molecule has 3 aromatic rings. The Labute approximate surface area is 194 Å². The maximum Gasteiger partial charge on any atom is 0.251 e. The molecule has 33 heavy (non-hydrogen) atoms. The van der Waals surface area contributed by atoms with Gasteiger partial charge in [0.2, 0.25) is 5.91 Å². The van der Waals surface area contributed by atoms with Crippen LogP contribution in [0.15, 0.2) is 60.7 Å². The van der Waals surface area contributed by atoms with Crippen LogP contribution in [-0.2, 0) is 17.9 Å². The number of hydrogen-bond donors (Lipinski definition) is 1. The van der Waals surface area contributed by atoms with Crippen molar-refractivity contribution in [3.05, 3.63) is 71.8 Å². The molecule has 2 aromatic carbocycles. The second-order valence-corrected chi connectivity index (χ2v) is 9.07. The number of fused-ring (bicyclic) bond motifs is 1. The SMILES string of the molecule is O=C(NC1CCCCCC1)c1ccc(CN2C(=O)CCn3nc(-c4ccccc4)cc32)cc1. The summed E-state index contributed by atoms with van der Waals surface area (Å²) in [7, 11) is 0. The van der Waals surface area contributed by atoms with Crippen LogP contribution in [0.5, 0.6) is 0 Å². The van der Waals surface area contributed by atoms with Gasteiger partial charge in [0.15, 0.2) is 0 Å². The molecular weight excluding hydrogens is 412 g/mol. The van der Waals surface area contributed by atoms with Crippen molar-refractivity contribution >= 4 is 17.6 Å². The van der Waals surface area contributed by atoms with E-state index in [1.54, 1.807) is 4.90 Å². The molecule has 6 nitrogen and oxygen atoms in total. The molecule has 1 aromatic heterocycles. The summed E-state index contributed by atoms with van der Waals surface area (Å²) in [4.78, 5) is 27.2. The number of benzene rings is 2. The largest absolute Gasteiger partial charge is 0.349 e. The number of hydrogen-bond acceptors (Lipinski definition) is 3. The minimum absolute atomic E-state index is 0.00641. The van der Waals surface area contributed by atoms with E-state index < -0.39 is 0 Å². The van der Waals surface area contributed by atoms with Crippen molar-refractivity contribution in [2.24, 2.45) is 0 Å². The lowest BCUT2D eigenvalue weighted by Crippen LogP contribution is -2.37. The highest BCUT2D eigenvalue weighted by molar-refractivity contribution is 5.95. The molecule has 6 heteroatoms. The first-order valence-electron chi connectivity index (χ1n) is 12.0. The quantitative estimate of drug-likeness (QED) is 0.569. The molecule has 1 fully saturated rings. The third kappa shape index (κ3) is 4.85. The van der Waals surface area contributed by atoms with Gasteiger partial charge < -0.3 is 5.32 Å². The summed E-state index contributed by atoms with van der Waals surface area (Å²) in [5, 5.41) is 7.92. The molecule has 1 saturated carbocycles. The van der Waals surface area contributed by atoms with Gasteiger partial charge in [-0.15, -0.1) is 0 Å². The fraction of sp³-hybridized carbons (Fsp3) is 0.370. The van der Waals surface area contributed by atoms with Crippen molar-refractivity contribution in [2.45, 2.75) is 64.1 Å². The van der Waals surface area contributed by atoms with Gasteiger partial charge in [0.25, 0.3) is 5.91 Å². The van der Waals surface area contributed by atoms with Crippen LogP contribution in [0.1, 0.15) is 60.9 Å². The van der Waals surface area contributed by atoms with E-state index in [1.807, 2.05) is 65.3 Å². The van der Waals surface area contributed by atoms with Crippen LogP contribution >= 0.6 is 0 Å². The molecule has 5 rings (SSSR count). The molecule has 0 atom stereocenters. The Morgan fingerprint density at radius 3 is 2.42 bits per heavy atom. The summed E-state index contributed by atoms with van der Waals surface area (Å²) >= 11 is 0. The normalized spacial score (nSPS) is 16.8. The van der Waals surface area contributed by atoms with E-state index >= 15 is 0 Å². The van der Waals surface area contributed by atoms with Gasteiger partial charge in [-0.2, -0.15) is 5.10 Å². The fourth-order valence-corrected chi connectivity index (χ4v) is 4.81. The van der Waals surface area contributed by atoms with Crippen LogP contribution in [0.4, 0.5) is 5.82 Å². The second kappa shape index (κ2) is 9.61. The van der Waals surface area contributed by atoms with Crippen molar-refractivity contribution in [1.82, 2.24) is 15.1 Å². The first-order chi connectivity index (χ1) is 16.2. The summed E-state index contributed by atoms with van der Waals surface area (Å²) in [6.45, 7) is 1.06. The third-order valence-corrected chi connectivity index (χ3v) is 6.69. The van der Waals surface area contributed by atoms with Gasteiger partial charge in [-0.1, -0.05) is 68.1 Å². The van der Waals surface area contributed by atoms with Crippen LogP contribution < -0.4 is 10.2 Å². The van der Waals surface area contributed by atoms with Crippen molar-refractivity contribution in [1.29, 1.82) is 0 Å². The molecule has 2 amide bonds. The second-order valence-electron chi connectivity index (χ2n) is 9.07. The van der Waals surface area contributed by atoms with E-state index in [0.29, 0.717) is 25.1 Å². The van der Waals surface area contributed by atoms with E-state index in [2.05, 4.69) is 5.32 Å². The Morgan fingerprint density at radius 2 is 1.70 bits per heavy atom. The molecule has 0 unspecified atom stereocenters. The highest BCUT2D eigenvalue weighted by Crippen LogP contribution is 2.29. The molecule has 1 aliphatic heterocycles. The average Bonchev–Trinajstić information content (AvgIpc) is 3.12. The zero-order chi connectivity index (χ0) is 22.6. The molecule has 2 aliphatic rings. The summed E-state index contributed by atoms with van der Waals surface area (Å²) < 4.78 is 1.91. The zero-order valence-corrected chi connectivity index (χ0v) is 18.9. The minimum Gasteiger partial charge on any atom is -0.349 e. The van der Waals surface area contributed by atoms with E-state index in [9.17, 15) is 9.59 Å². The van der Waals surface area contributed by atoms with Crippen molar-refractivity contribution in [3.8, 4) is 11.3 Å². The zero-order valence-electron chi connectivity index (χ0n) is 18.9. The Balaban J connectivity index is 1.29. The molecule has 1 aliphatic carbocycles. The van der Waals surface area contributed by atoms with E-state index in [1.165, 1.54) is 25.7 Å². The predicted molar refractivity (Wildman–Crippen MR) is 129 cm³/mol.